The minimum absolute atomic E-state index is 0.0780. The molecule has 0 fully saturated rings. The summed E-state index contributed by atoms with van der Waals surface area (Å²) in [5, 5.41) is 16.5. The molecule has 2 heterocycles. The molecule has 0 spiro atoms. The highest BCUT2D eigenvalue weighted by Crippen LogP contribution is 2.23. The SMILES string of the molecule is COc1ccc(/C=C/C(=O)c2cc(Br)cs2)cc1Cn1ccc([N+](=O)[O-])n1. The zero-order valence-electron chi connectivity index (χ0n) is 14.2. The lowest BCUT2D eigenvalue weighted by Crippen LogP contribution is -2.03. The normalized spacial score (nSPS) is 11.0. The highest BCUT2D eigenvalue weighted by atomic mass is 79.9. The maximum absolute atomic E-state index is 12.2. The van der Waals surface area contributed by atoms with E-state index in [1.807, 2.05) is 17.5 Å². The fourth-order valence-corrected chi connectivity index (χ4v) is 3.78. The monoisotopic (exact) mass is 447 g/mol. The van der Waals surface area contributed by atoms with E-state index in [-0.39, 0.29) is 11.6 Å². The number of nitro groups is 1. The molecule has 0 N–H and O–H groups in total. The van der Waals surface area contributed by atoms with E-state index >= 15 is 0 Å². The van der Waals surface area contributed by atoms with Gasteiger partial charge in [0, 0.05) is 15.4 Å². The molecule has 9 heteroatoms. The number of aromatic nitrogens is 2. The summed E-state index contributed by atoms with van der Waals surface area (Å²) in [5.74, 6) is 0.349. The average Bonchev–Trinajstić information content (AvgIpc) is 3.29. The van der Waals surface area contributed by atoms with Crippen LogP contribution in [0.1, 0.15) is 20.8 Å². The van der Waals surface area contributed by atoms with Gasteiger partial charge in [-0.1, -0.05) is 12.1 Å². The van der Waals surface area contributed by atoms with Crippen LogP contribution in [0.5, 0.6) is 5.75 Å². The topological polar surface area (TPSA) is 87.3 Å². The summed E-state index contributed by atoms with van der Waals surface area (Å²) in [4.78, 5) is 23.1. The molecule has 138 valence electrons. The van der Waals surface area contributed by atoms with Gasteiger partial charge in [-0.05, 0) is 50.7 Å². The molecule has 0 saturated heterocycles. The first-order valence-electron chi connectivity index (χ1n) is 7.77. The van der Waals surface area contributed by atoms with Crippen molar-refractivity contribution in [1.29, 1.82) is 0 Å². The fourth-order valence-electron chi connectivity index (χ4n) is 2.43. The van der Waals surface area contributed by atoms with E-state index < -0.39 is 4.92 Å². The van der Waals surface area contributed by atoms with Crippen molar-refractivity contribution in [3.05, 3.63) is 78.6 Å². The molecular formula is C18H14BrN3O4S. The van der Waals surface area contributed by atoms with Crippen molar-refractivity contribution >= 4 is 44.9 Å². The van der Waals surface area contributed by atoms with Crippen LogP contribution in [0.3, 0.4) is 0 Å². The quantitative estimate of drug-likeness (QED) is 0.229. The minimum atomic E-state index is -0.540. The molecule has 0 aliphatic rings. The fraction of sp³-hybridized carbons (Fsp3) is 0.111. The highest BCUT2D eigenvalue weighted by molar-refractivity contribution is 9.10. The van der Waals surface area contributed by atoms with Crippen LogP contribution in [0.25, 0.3) is 6.08 Å². The Morgan fingerprint density at radius 2 is 2.22 bits per heavy atom. The van der Waals surface area contributed by atoms with Gasteiger partial charge in [-0.15, -0.1) is 11.3 Å². The molecule has 7 nitrogen and oxygen atoms in total. The number of carbonyl (C=O) groups excluding carboxylic acids is 1. The van der Waals surface area contributed by atoms with E-state index in [0.29, 0.717) is 17.2 Å². The summed E-state index contributed by atoms with van der Waals surface area (Å²) in [6, 6.07) is 8.61. The van der Waals surface area contributed by atoms with Gasteiger partial charge in [0.15, 0.2) is 5.78 Å². The predicted octanol–water partition coefficient (Wildman–Crippen LogP) is 4.57. The molecule has 2 aromatic heterocycles. The summed E-state index contributed by atoms with van der Waals surface area (Å²) in [6.45, 7) is 0.310. The smallest absolute Gasteiger partial charge is 0.389 e. The molecule has 0 aliphatic carbocycles. The second-order valence-electron chi connectivity index (χ2n) is 5.53. The molecule has 27 heavy (non-hydrogen) atoms. The standard InChI is InChI=1S/C18H14BrN3O4S/c1-26-16-5-3-12(2-4-15(23)17-9-14(19)11-27-17)8-13(16)10-21-7-6-18(20-21)22(24)25/h2-9,11H,10H2,1H3/b4-2+. The van der Waals surface area contributed by atoms with Crippen LogP contribution in [0.15, 0.2) is 52.5 Å². The molecule has 3 aromatic rings. The lowest BCUT2D eigenvalue weighted by atomic mass is 10.1. The van der Waals surface area contributed by atoms with Gasteiger partial charge < -0.3 is 14.9 Å². The van der Waals surface area contributed by atoms with Gasteiger partial charge in [0.25, 0.3) is 0 Å². The molecule has 0 saturated carbocycles. The van der Waals surface area contributed by atoms with E-state index in [1.165, 1.54) is 34.4 Å². The van der Waals surface area contributed by atoms with E-state index in [1.54, 1.807) is 25.3 Å². The summed E-state index contributed by atoms with van der Waals surface area (Å²) >= 11 is 4.71. The van der Waals surface area contributed by atoms with Crippen LogP contribution in [0.2, 0.25) is 0 Å². The van der Waals surface area contributed by atoms with Gasteiger partial charge in [0.05, 0.1) is 35.9 Å². The van der Waals surface area contributed by atoms with Gasteiger partial charge in [0.1, 0.15) is 5.75 Å². The van der Waals surface area contributed by atoms with Crippen molar-refractivity contribution in [1.82, 2.24) is 9.78 Å². The minimum Gasteiger partial charge on any atom is -0.496 e. The number of allylic oxidation sites excluding steroid dienone is 1. The van der Waals surface area contributed by atoms with Crippen LogP contribution in [0.4, 0.5) is 5.82 Å². The number of hydrogen-bond acceptors (Lipinski definition) is 6. The number of thiophene rings is 1. The Kier molecular flexibility index (Phi) is 5.82. The van der Waals surface area contributed by atoms with Crippen molar-refractivity contribution in [3.8, 4) is 5.75 Å². The summed E-state index contributed by atoms with van der Waals surface area (Å²) in [7, 11) is 1.55. The van der Waals surface area contributed by atoms with Crippen LogP contribution in [-0.4, -0.2) is 27.6 Å². The van der Waals surface area contributed by atoms with Crippen molar-refractivity contribution in [2.75, 3.05) is 7.11 Å². The highest BCUT2D eigenvalue weighted by Gasteiger charge is 2.13. The Hall–Kier alpha value is -2.78. The molecular weight excluding hydrogens is 434 g/mol. The Balaban J connectivity index is 1.81. The Labute approximate surface area is 167 Å². The number of carbonyl (C=O) groups is 1. The largest absolute Gasteiger partial charge is 0.496 e. The van der Waals surface area contributed by atoms with Crippen molar-refractivity contribution in [2.24, 2.45) is 0 Å². The van der Waals surface area contributed by atoms with Gasteiger partial charge in [-0.3, -0.25) is 4.79 Å². The second-order valence-corrected chi connectivity index (χ2v) is 7.35. The number of ketones is 1. The van der Waals surface area contributed by atoms with Gasteiger partial charge in [-0.2, -0.15) is 4.68 Å². The van der Waals surface area contributed by atoms with Crippen LogP contribution in [-0.2, 0) is 6.54 Å². The van der Waals surface area contributed by atoms with Crippen molar-refractivity contribution < 1.29 is 14.5 Å². The van der Waals surface area contributed by atoms with Gasteiger partial charge in [0.2, 0.25) is 0 Å². The third kappa shape index (κ3) is 4.69. The lowest BCUT2D eigenvalue weighted by Gasteiger charge is -2.08. The van der Waals surface area contributed by atoms with Gasteiger partial charge >= 0.3 is 5.82 Å². The van der Waals surface area contributed by atoms with Crippen LogP contribution in [0, 0.1) is 10.1 Å². The third-order valence-electron chi connectivity index (χ3n) is 3.69. The first-order valence-corrected chi connectivity index (χ1v) is 9.45. The Morgan fingerprint density at radius 1 is 1.41 bits per heavy atom. The third-order valence-corrected chi connectivity index (χ3v) is 5.39. The summed E-state index contributed by atoms with van der Waals surface area (Å²) in [5.41, 5.74) is 1.61. The number of hydrogen-bond donors (Lipinski definition) is 0. The van der Waals surface area contributed by atoms with Crippen LogP contribution < -0.4 is 4.74 Å². The molecule has 0 radical (unpaired) electrons. The Bertz CT molecular complexity index is 1030. The van der Waals surface area contributed by atoms with E-state index in [2.05, 4.69) is 21.0 Å². The molecule has 0 atom stereocenters. The Morgan fingerprint density at radius 3 is 2.85 bits per heavy atom. The summed E-state index contributed by atoms with van der Waals surface area (Å²) in [6.07, 6.45) is 4.78. The molecule has 0 aliphatic heterocycles. The van der Waals surface area contributed by atoms with E-state index in [9.17, 15) is 14.9 Å². The zero-order valence-corrected chi connectivity index (χ0v) is 16.6. The zero-order chi connectivity index (χ0) is 19.4. The molecule has 1 aromatic carbocycles. The van der Waals surface area contributed by atoms with E-state index in [0.717, 1.165) is 15.6 Å². The van der Waals surface area contributed by atoms with Gasteiger partial charge in [-0.25, -0.2) is 0 Å². The van der Waals surface area contributed by atoms with E-state index in [4.69, 9.17) is 4.74 Å². The van der Waals surface area contributed by atoms with Crippen molar-refractivity contribution in [2.45, 2.75) is 6.54 Å². The molecule has 0 bridgehead atoms. The maximum atomic E-state index is 12.2. The molecule has 3 rings (SSSR count). The first-order chi connectivity index (χ1) is 13.0. The number of benzene rings is 1. The van der Waals surface area contributed by atoms with Crippen LogP contribution >= 0.6 is 27.3 Å². The molecule has 0 amide bonds. The van der Waals surface area contributed by atoms with Crippen molar-refractivity contribution in [3.63, 3.8) is 0 Å². The lowest BCUT2D eigenvalue weighted by molar-refractivity contribution is -0.389. The molecule has 0 unspecified atom stereocenters. The number of nitrogens with zero attached hydrogens (tertiary/aromatic N) is 3. The number of halogens is 1. The predicted molar refractivity (Wildman–Crippen MR) is 106 cm³/mol. The number of ether oxygens (including phenoxy) is 1. The number of methoxy groups -OCH3 is 1. The number of rotatable bonds is 7. The summed E-state index contributed by atoms with van der Waals surface area (Å²) < 4.78 is 7.70. The first kappa shape index (κ1) is 19.0. The maximum Gasteiger partial charge on any atom is 0.389 e. The average molecular weight is 448 g/mol. The second kappa shape index (κ2) is 8.28.